The molecule has 0 spiro atoms. The van der Waals surface area contributed by atoms with E-state index < -0.39 is 28.8 Å². The van der Waals surface area contributed by atoms with Gasteiger partial charge in [0.25, 0.3) is 0 Å². The SMILES string of the molecule is CC1C(c2ccccc2)C1(NC(=O)OC(C)(C)C)C(=O)OC(C)(C)C. The fraction of sp³-hybridized carbons (Fsp3) is 0.600. The van der Waals surface area contributed by atoms with Gasteiger partial charge in [-0.2, -0.15) is 0 Å². The zero-order chi connectivity index (χ0) is 19.0. The highest BCUT2D eigenvalue weighted by molar-refractivity contribution is 5.92. The van der Waals surface area contributed by atoms with Gasteiger partial charge in [-0.15, -0.1) is 0 Å². The molecule has 3 unspecified atom stereocenters. The number of hydrogen-bond acceptors (Lipinski definition) is 4. The summed E-state index contributed by atoms with van der Waals surface area (Å²) in [6.45, 7) is 12.8. The Bertz CT molecular complexity index is 642. The fourth-order valence-corrected chi connectivity index (χ4v) is 3.16. The van der Waals surface area contributed by atoms with Crippen molar-refractivity contribution in [2.75, 3.05) is 0 Å². The second-order valence-corrected chi connectivity index (χ2v) is 8.67. The van der Waals surface area contributed by atoms with Crippen LogP contribution >= 0.6 is 0 Å². The van der Waals surface area contributed by atoms with Gasteiger partial charge in [-0.25, -0.2) is 9.59 Å². The van der Waals surface area contributed by atoms with Crippen LogP contribution in [0.2, 0.25) is 0 Å². The van der Waals surface area contributed by atoms with Crippen LogP contribution in [0.4, 0.5) is 4.79 Å². The molecule has 0 saturated heterocycles. The molecule has 1 aromatic carbocycles. The molecule has 5 nitrogen and oxygen atoms in total. The third-order valence-corrected chi connectivity index (χ3v) is 4.20. The van der Waals surface area contributed by atoms with Crippen molar-refractivity contribution in [2.45, 2.75) is 71.1 Å². The van der Waals surface area contributed by atoms with E-state index in [9.17, 15) is 9.59 Å². The molecule has 138 valence electrons. The van der Waals surface area contributed by atoms with Crippen LogP contribution in [0.5, 0.6) is 0 Å². The van der Waals surface area contributed by atoms with Crippen LogP contribution in [0.3, 0.4) is 0 Å². The van der Waals surface area contributed by atoms with Crippen LogP contribution in [0.15, 0.2) is 30.3 Å². The summed E-state index contributed by atoms with van der Waals surface area (Å²) < 4.78 is 11.0. The highest BCUT2D eigenvalue weighted by Crippen LogP contribution is 2.58. The quantitative estimate of drug-likeness (QED) is 0.839. The van der Waals surface area contributed by atoms with Crippen molar-refractivity contribution >= 4 is 12.1 Å². The molecule has 0 heterocycles. The van der Waals surface area contributed by atoms with Crippen molar-refractivity contribution in [2.24, 2.45) is 5.92 Å². The Morgan fingerprint density at radius 3 is 1.96 bits per heavy atom. The molecule has 2 rings (SSSR count). The molecule has 0 aromatic heterocycles. The van der Waals surface area contributed by atoms with Crippen LogP contribution in [0.25, 0.3) is 0 Å². The monoisotopic (exact) mass is 347 g/mol. The van der Waals surface area contributed by atoms with Gasteiger partial charge in [0.05, 0.1) is 0 Å². The van der Waals surface area contributed by atoms with Crippen molar-refractivity contribution in [1.82, 2.24) is 5.32 Å². The maximum atomic E-state index is 12.9. The lowest BCUT2D eigenvalue weighted by Crippen LogP contribution is -2.50. The number of esters is 1. The summed E-state index contributed by atoms with van der Waals surface area (Å²) in [6.07, 6.45) is -0.608. The van der Waals surface area contributed by atoms with E-state index in [0.29, 0.717) is 0 Å². The summed E-state index contributed by atoms with van der Waals surface area (Å²) in [4.78, 5) is 25.3. The standard InChI is InChI=1S/C20H29NO4/c1-13-15(14-11-9-8-10-12-14)20(13,16(22)24-18(2,3)4)21-17(23)25-19(5,6)7/h8-13,15H,1-7H3,(H,21,23). The number of nitrogens with one attached hydrogen (secondary N) is 1. The summed E-state index contributed by atoms with van der Waals surface area (Å²) in [5, 5.41) is 2.81. The molecule has 1 aliphatic carbocycles. The predicted molar refractivity (Wildman–Crippen MR) is 96.3 cm³/mol. The molecule has 1 fully saturated rings. The number of carbonyl (C=O) groups excluding carboxylic acids is 2. The smallest absolute Gasteiger partial charge is 0.408 e. The molecular weight excluding hydrogens is 318 g/mol. The maximum Gasteiger partial charge on any atom is 0.408 e. The summed E-state index contributed by atoms with van der Waals surface area (Å²) in [7, 11) is 0. The first-order chi connectivity index (χ1) is 11.4. The molecule has 1 N–H and O–H groups in total. The van der Waals surface area contributed by atoms with Crippen molar-refractivity contribution in [3.05, 3.63) is 35.9 Å². The number of amides is 1. The zero-order valence-electron chi connectivity index (χ0n) is 16.2. The van der Waals surface area contributed by atoms with Gasteiger partial charge in [-0.05, 0) is 47.1 Å². The summed E-state index contributed by atoms with van der Waals surface area (Å²) in [5.41, 5.74) is -1.38. The first-order valence-corrected chi connectivity index (χ1v) is 8.66. The Hall–Kier alpha value is -2.04. The molecule has 1 amide bonds. The minimum Gasteiger partial charge on any atom is -0.458 e. The molecule has 0 bridgehead atoms. The van der Waals surface area contributed by atoms with Crippen molar-refractivity contribution in [3.8, 4) is 0 Å². The molecule has 1 aliphatic rings. The average molecular weight is 347 g/mol. The van der Waals surface area contributed by atoms with E-state index in [4.69, 9.17) is 9.47 Å². The fourth-order valence-electron chi connectivity index (χ4n) is 3.16. The zero-order valence-corrected chi connectivity index (χ0v) is 16.2. The summed E-state index contributed by atoms with van der Waals surface area (Å²) >= 11 is 0. The second kappa shape index (κ2) is 6.36. The lowest BCUT2D eigenvalue weighted by molar-refractivity contribution is -0.159. The van der Waals surface area contributed by atoms with Gasteiger partial charge in [-0.1, -0.05) is 37.3 Å². The molecule has 5 heteroatoms. The van der Waals surface area contributed by atoms with Crippen LogP contribution < -0.4 is 5.32 Å². The first-order valence-electron chi connectivity index (χ1n) is 8.66. The summed E-state index contributed by atoms with van der Waals surface area (Å²) in [5.74, 6) is -0.652. The van der Waals surface area contributed by atoms with Crippen molar-refractivity contribution in [3.63, 3.8) is 0 Å². The van der Waals surface area contributed by atoms with E-state index in [2.05, 4.69) is 5.32 Å². The normalized spacial score (nSPS) is 25.9. The van der Waals surface area contributed by atoms with E-state index in [0.717, 1.165) is 5.56 Å². The minimum absolute atomic E-state index is 0.0859. The predicted octanol–water partition coefficient (Wildman–Crippen LogP) is 4.03. The van der Waals surface area contributed by atoms with Crippen molar-refractivity contribution < 1.29 is 19.1 Å². The van der Waals surface area contributed by atoms with Gasteiger partial charge in [0.1, 0.15) is 11.2 Å². The lowest BCUT2D eigenvalue weighted by atomic mass is 10.1. The van der Waals surface area contributed by atoms with Crippen LogP contribution in [-0.4, -0.2) is 28.8 Å². The minimum atomic E-state index is -1.10. The molecule has 0 aliphatic heterocycles. The maximum absolute atomic E-state index is 12.9. The Morgan fingerprint density at radius 2 is 1.48 bits per heavy atom. The third kappa shape index (κ3) is 4.33. The highest BCUT2D eigenvalue weighted by atomic mass is 16.6. The van der Waals surface area contributed by atoms with Gasteiger partial charge in [0.2, 0.25) is 0 Å². The Kier molecular flexibility index (Phi) is 4.90. The second-order valence-electron chi connectivity index (χ2n) is 8.67. The number of rotatable bonds is 3. The largest absolute Gasteiger partial charge is 0.458 e. The van der Waals surface area contributed by atoms with Gasteiger partial charge >= 0.3 is 12.1 Å². The number of hydrogen-bond donors (Lipinski definition) is 1. The lowest BCUT2D eigenvalue weighted by Gasteiger charge is -2.27. The van der Waals surface area contributed by atoms with E-state index in [1.807, 2.05) is 58.0 Å². The number of carbonyl (C=O) groups is 2. The van der Waals surface area contributed by atoms with Gasteiger partial charge in [0, 0.05) is 11.8 Å². The van der Waals surface area contributed by atoms with E-state index in [1.165, 1.54) is 0 Å². The van der Waals surface area contributed by atoms with Crippen molar-refractivity contribution in [1.29, 1.82) is 0 Å². The molecule has 1 saturated carbocycles. The van der Waals surface area contributed by atoms with E-state index in [-0.39, 0.29) is 11.8 Å². The van der Waals surface area contributed by atoms with E-state index >= 15 is 0 Å². The Morgan fingerprint density at radius 1 is 0.960 bits per heavy atom. The van der Waals surface area contributed by atoms with Crippen LogP contribution in [0, 0.1) is 5.92 Å². The topological polar surface area (TPSA) is 64.6 Å². The molecule has 3 atom stereocenters. The average Bonchev–Trinajstić information content (AvgIpc) is 3.01. The number of ether oxygens (including phenoxy) is 2. The number of benzene rings is 1. The van der Waals surface area contributed by atoms with Crippen LogP contribution in [-0.2, 0) is 14.3 Å². The van der Waals surface area contributed by atoms with E-state index in [1.54, 1.807) is 20.8 Å². The molecule has 0 radical (unpaired) electrons. The van der Waals surface area contributed by atoms with Gasteiger partial charge < -0.3 is 14.8 Å². The number of alkyl carbamates (subject to hydrolysis) is 1. The Balaban J connectivity index is 2.30. The molecular formula is C20H29NO4. The van der Waals surface area contributed by atoms with Gasteiger partial charge in [-0.3, -0.25) is 0 Å². The van der Waals surface area contributed by atoms with Gasteiger partial charge in [0.15, 0.2) is 5.54 Å². The summed E-state index contributed by atoms with van der Waals surface area (Å²) in [6, 6.07) is 9.70. The molecule has 1 aromatic rings. The van der Waals surface area contributed by atoms with Crippen LogP contribution in [0.1, 0.15) is 59.9 Å². The Labute approximate surface area is 150 Å². The third-order valence-electron chi connectivity index (χ3n) is 4.20. The first kappa shape index (κ1) is 19.3. The highest BCUT2D eigenvalue weighted by Gasteiger charge is 2.70. The molecule has 25 heavy (non-hydrogen) atoms.